The van der Waals surface area contributed by atoms with Gasteiger partial charge in [0.25, 0.3) is 0 Å². The molecule has 1 heterocycles. The van der Waals surface area contributed by atoms with Crippen LogP contribution in [-0.4, -0.2) is 23.2 Å². The molecule has 0 aliphatic heterocycles. The predicted molar refractivity (Wildman–Crippen MR) is 58.4 cm³/mol. The fraction of sp³-hybridized carbons (Fsp3) is 0.750. The first-order valence-corrected chi connectivity index (χ1v) is 6.19. The second-order valence-electron chi connectivity index (χ2n) is 5.01. The van der Waals surface area contributed by atoms with Crippen LogP contribution < -0.4 is 0 Å². The van der Waals surface area contributed by atoms with Gasteiger partial charge in [-0.1, -0.05) is 18.0 Å². The van der Waals surface area contributed by atoms with Crippen LogP contribution in [0.15, 0.2) is 4.52 Å². The Morgan fingerprint density at radius 1 is 1.41 bits per heavy atom. The molecule has 0 amide bonds. The molecule has 5 nitrogen and oxygen atoms in total. The van der Waals surface area contributed by atoms with Gasteiger partial charge >= 0.3 is 5.97 Å². The zero-order valence-corrected chi connectivity index (χ0v) is 9.94. The highest BCUT2D eigenvalue weighted by molar-refractivity contribution is 5.85. The van der Waals surface area contributed by atoms with Crippen molar-refractivity contribution in [3.63, 3.8) is 0 Å². The lowest BCUT2D eigenvalue weighted by atomic mass is 10.1. The van der Waals surface area contributed by atoms with Gasteiger partial charge < -0.3 is 9.26 Å². The normalized spacial score (nSPS) is 22.6. The van der Waals surface area contributed by atoms with Crippen LogP contribution in [0.2, 0.25) is 0 Å². The summed E-state index contributed by atoms with van der Waals surface area (Å²) in [5.41, 5.74) is -0.626. The smallest absolute Gasteiger partial charge is 0.321 e. The van der Waals surface area contributed by atoms with E-state index in [1.807, 2.05) is 0 Å². The van der Waals surface area contributed by atoms with Crippen molar-refractivity contribution >= 4 is 5.97 Å². The Morgan fingerprint density at radius 3 is 2.71 bits per heavy atom. The van der Waals surface area contributed by atoms with E-state index in [2.05, 4.69) is 10.1 Å². The maximum absolute atomic E-state index is 11.7. The van der Waals surface area contributed by atoms with Crippen molar-refractivity contribution in [2.45, 2.75) is 49.9 Å². The lowest BCUT2D eigenvalue weighted by molar-refractivity contribution is -0.144. The summed E-state index contributed by atoms with van der Waals surface area (Å²) in [4.78, 5) is 16.1. The van der Waals surface area contributed by atoms with Gasteiger partial charge in [0, 0.05) is 5.92 Å². The van der Waals surface area contributed by atoms with Crippen molar-refractivity contribution in [1.82, 2.24) is 10.1 Å². The van der Waals surface area contributed by atoms with Crippen LogP contribution in [-0.2, 0) is 14.9 Å². The summed E-state index contributed by atoms with van der Waals surface area (Å²) in [5, 5.41) is 4.03. The Bertz CT molecular complexity index is 431. The highest BCUT2D eigenvalue weighted by Crippen LogP contribution is 2.48. The first-order chi connectivity index (χ1) is 8.26. The van der Waals surface area contributed by atoms with Gasteiger partial charge in [0.2, 0.25) is 5.89 Å². The summed E-state index contributed by atoms with van der Waals surface area (Å²) in [6, 6.07) is 0. The number of aromatic nitrogens is 2. The molecule has 2 fully saturated rings. The molecule has 0 atom stereocenters. The van der Waals surface area contributed by atoms with Crippen LogP contribution in [0.25, 0.3) is 0 Å². The molecule has 0 aromatic carbocycles. The number of carbonyl (C=O) groups is 1. The molecular formula is C12H16N2O3. The molecule has 2 aliphatic carbocycles. The van der Waals surface area contributed by atoms with Gasteiger partial charge in [-0.25, -0.2) is 0 Å². The molecule has 92 valence electrons. The summed E-state index contributed by atoms with van der Waals surface area (Å²) < 4.78 is 10.1. The van der Waals surface area contributed by atoms with Gasteiger partial charge in [0.05, 0.1) is 7.11 Å². The molecule has 0 saturated heterocycles. The minimum atomic E-state index is -0.626. The standard InChI is InChI=1S/C12H16N2O3/c1-16-11(15)12(6-7-12)10-13-9(14-17-10)8-4-2-3-5-8/h8H,2-7H2,1H3. The monoisotopic (exact) mass is 236 g/mol. The summed E-state index contributed by atoms with van der Waals surface area (Å²) in [7, 11) is 1.40. The lowest BCUT2D eigenvalue weighted by Gasteiger charge is -2.06. The van der Waals surface area contributed by atoms with E-state index in [0.29, 0.717) is 11.8 Å². The topological polar surface area (TPSA) is 65.2 Å². The van der Waals surface area contributed by atoms with Gasteiger partial charge in [-0.15, -0.1) is 0 Å². The van der Waals surface area contributed by atoms with Crippen LogP contribution in [0.3, 0.4) is 0 Å². The van der Waals surface area contributed by atoms with E-state index in [-0.39, 0.29) is 5.97 Å². The van der Waals surface area contributed by atoms with Gasteiger partial charge in [-0.05, 0) is 25.7 Å². The first kappa shape index (κ1) is 10.7. The van der Waals surface area contributed by atoms with Crippen molar-refractivity contribution in [2.24, 2.45) is 0 Å². The minimum absolute atomic E-state index is 0.251. The van der Waals surface area contributed by atoms with E-state index in [1.165, 1.54) is 20.0 Å². The van der Waals surface area contributed by atoms with E-state index >= 15 is 0 Å². The van der Waals surface area contributed by atoms with E-state index in [4.69, 9.17) is 9.26 Å². The number of hydrogen-bond donors (Lipinski definition) is 0. The second kappa shape index (κ2) is 3.82. The fourth-order valence-electron chi connectivity index (χ4n) is 2.60. The molecular weight excluding hydrogens is 220 g/mol. The number of rotatable bonds is 3. The minimum Gasteiger partial charge on any atom is -0.468 e. The maximum atomic E-state index is 11.7. The van der Waals surface area contributed by atoms with Crippen molar-refractivity contribution in [2.75, 3.05) is 7.11 Å². The van der Waals surface area contributed by atoms with E-state index in [9.17, 15) is 4.79 Å². The quantitative estimate of drug-likeness (QED) is 0.750. The van der Waals surface area contributed by atoms with Crippen molar-refractivity contribution in [3.05, 3.63) is 11.7 Å². The van der Waals surface area contributed by atoms with Gasteiger partial charge in [0.1, 0.15) is 5.41 Å². The fourth-order valence-corrected chi connectivity index (χ4v) is 2.60. The third-order valence-corrected chi connectivity index (χ3v) is 3.90. The summed E-state index contributed by atoms with van der Waals surface area (Å²) >= 11 is 0. The van der Waals surface area contributed by atoms with Gasteiger partial charge in [-0.2, -0.15) is 4.98 Å². The average molecular weight is 236 g/mol. The Morgan fingerprint density at radius 2 is 2.12 bits per heavy atom. The molecule has 2 aliphatic rings. The van der Waals surface area contributed by atoms with Crippen LogP contribution in [0.1, 0.15) is 56.2 Å². The van der Waals surface area contributed by atoms with Gasteiger partial charge in [0.15, 0.2) is 5.82 Å². The summed E-state index contributed by atoms with van der Waals surface area (Å²) in [6.45, 7) is 0. The van der Waals surface area contributed by atoms with Crippen LogP contribution in [0.4, 0.5) is 0 Å². The third kappa shape index (κ3) is 1.64. The highest BCUT2D eigenvalue weighted by Gasteiger charge is 2.57. The van der Waals surface area contributed by atoms with E-state index in [0.717, 1.165) is 31.5 Å². The summed E-state index contributed by atoms with van der Waals surface area (Å²) in [6.07, 6.45) is 6.24. The number of esters is 1. The molecule has 0 spiro atoms. The molecule has 5 heteroatoms. The number of nitrogens with zero attached hydrogens (tertiary/aromatic N) is 2. The molecule has 0 bridgehead atoms. The van der Waals surface area contributed by atoms with E-state index < -0.39 is 5.41 Å². The lowest BCUT2D eigenvalue weighted by Crippen LogP contribution is -2.22. The molecule has 3 rings (SSSR count). The Hall–Kier alpha value is -1.39. The van der Waals surface area contributed by atoms with Gasteiger partial charge in [-0.3, -0.25) is 4.79 Å². The summed E-state index contributed by atoms with van der Waals surface area (Å²) in [5.74, 6) is 1.39. The molecule has 1 aromatic heterocycles. The number of methoxy groups -OCH3 is 1. The molecule has 17 heavy (non-hydrogen) atoms. The molecule has 0 N–H and O–H groups in total. The van der Waals surface area contributed by atoms with Crippen molar-refractivity contribution < 1.29 is 14.1 Å². The zero-order chi connectivity index (χ0) is 11.9. The van der Waals surface area contributed by atoms with Crippen molar-refractivity contribution in [3.8, 4) is 0 Å². The molecule has 2 saturated carbocycles. The van der Waals surface area contributed by atoms with Crippen LogP contribution in [0, 0.1) is 0 Å². The molecule has 0 radical (unpaired) electrons. The van der Waals surface area contributed by atoms with E-state index in [1.54, 1.807) is 0 Å². The zero-order valence-electron chi connectivity index (χ0n) is 9.94. The SMILES string of the molecule is COC(=O)C1(c2nc(C3CCCC3)no2)CC1. The predicted octanol–water partition coefficient (Wildman–Crippen LogP) is 1.93. The maximum Gasteiger partial charge on any atom is 0.321 e. The Balaban J connectivity index is 1.83. The van der Waals surface area contributed by atoms with Crippen molar-refractivity contribution in [1.29, 1.82) is 0 Å². The molecule has 1 aromatic rings. The van der Waals surface area contributed by atoms with Crippen LogP contribution >= 0.6 is 0 Å². The third-order valence-electron chi connectivity index (χ3n) is 3.90. The largest absolute Gasteiger partial charge is 0.468 e. The highest BCUT2D eigenvalue weighted by atomic mass is 16.5. The molecule has 0 unspecified atom stereocenters. The Kier molecular flexibility index (Phi) is 2.42. The number of ether oxygens (including phenoxy) is 1. The second-order valence-corrected chi connectivity index (χ2v) is 5.01. The number of hydrogen-bond acceptors (Lipinski definition) is 5. The number of carbonyl (C=O) groups excluding carboxylic acids is 1. The average Bonchev–Trinajstić information content (AvgIpc) is 2.84. The Labute approximate surface area is 99.5 Å². The van der Waals surface area contributed by atoms with Crippen LogP contribution in [0.5, 0.6) is 0 Å². The first-order valence-electron chi connectivity index (χ1n) is 6.19.